The van der Waals surface area contributed by atoms with Gasteiger partial charge in [-0.1, -0.05) is 51.1 Å². The van der Waals surface area contributed by atoms with Crippen LogP contribution in [0.2, 0.25) is 0 Å². The molecule has 1 aliphatic rings. The monoisotopic (exact) mass is 418 g/mol. The average molecular weight is 419 g/mol. The van der Waals surface area contributed by atoms with Gasteiger partial charge in [-0.15, -0.1) is 0 Å². The van der Waals surface area contributed by atoms with E-state index < -0.39 is 35.5 Å². The number of rotatable bonds is 5. The predicted octanol–water partition coefficient (Wildman–Crippen LogP) is 4.24. The first-order valence-corrected chi connectivity index (χ1v) is 10.9. The van der Waals surface area contributed by atoms with Crippen molar-refractivity contribution in [2.24, 2.45) is 11.3 Å². The van der Waals surface area contributed by atoms with Gasteiger partial charge >= 0.3 is 12.0 Å². The minimum atomic E-state index is -0.896. The lowest BCUT2D eigenvalue weighted by atomic mass is 9.74. The largest absolute Gasteiger partial charge is 0.464 e. The van der Waals surface area contributed by atoms with Gasteiger partial charge in [-0.05, 0) is 45.6 Å². The molecule has 6 nitrogen and oxygen atoms in total. The first-order chi connectivity index (χ1) is 13.9. The van der Waals surface area contributed by atoms with Crippen molar-refractivity contribution in [3.8, 4) is 0 Å². The van der Waals surface area contributed by atoms with Crippen LogP contribution in [0.3, 0.4) is 0 Å². The minimum Gasteiger partial charge on any atom is -0.464 e. The van der Waals surface area contributed by atoms with Crippen LogP contribution in [0.4, 0.5) is 4.79 Å². The molecule has 1 heterocycles. The molecule has 0 radical (unpaired) electrons. The average Bonchev–Trinajstić information content (AvgIpc) is 2.95. The lowest BCUT2D eigenvalue weighted by Gasteiger charge is -2.39. The second-order valence-electron chi connectivity index (χ2n) is 9.72. The van der Waals surface area contributed by atoms with Crippen LogP contribution in [-0.4, -0.2) is 57.7 Å². The van der Waals surface area contributed by atoms with Gasteiger partial charge in [0.1, 0.15) is 6.04 Å². The van der Waals surface area contributed by atoms with Crippen molar-refractivity contribution in [3.05, 3.63) is 35.9 Å². The van der Waals surface area contributed by atoms with E-state index in [1.807, 2.05) is 78.8 Å². The molecule has 0 bridgehead atoms. The van der Waals surface area contributed by atoms with Crippen molar-refractivity contribution in [1.29, 1.82) is 0 Å². The lowest BCUT2D eigenvalue weighted by molar-refractivity contribution is -0.151. The van der Waals surface area contributed by atoms with Gasteiger partial charge in [0.25, 0.3) is 0 Å². The number of urea groups is 1. The standard InChI is InChI=1S/C24H38N2O4/c1-9-30-22(28)20-18(24(6,7)8)21(27)19(17-13-11-10-12-14-17)26(20)23(29)25(15(2)3)16(4)5/h10-16,18-21,27H,9H2,1-8H3/t18-,19+,20+,21?/m0/s1. The summed E-state index contributed by atoms with van der Waals surface area (Å²) in [5.74, 6) is -0.928. The highest BCUT2D eigenvalue weighted by Gasteiger charge is 2.58. The number of esters is 1. The summed E-state index contributed by atoms with van der Waals surface area (Å²) >= 11 is 0. The van der Waals surface area contributed by atoms with Crippen molar-refractivity contribution >= 4 is 12.0 Å². The zero-order valence-electron chi connectivity index (χ0n) is 19.6. The molecule has 0 aromatic heterocycles. The number of aliphatic hydroxyl groups excluding tert-OH is 1. The number of benzene rings is 1. The maximum atomic E-state index is 13.9. The number of aliphatic hydroxyl groups is 1. The number of ether oxygens (including phenoxy) is 1. The summed E-state index contributed by atoms with van der Waals surface area (Å²) in [6.45, 7) is 15.8. The molecule has 6 heteroatoms. The molecule has 1 aliphatic heterocycles. The van der Waals surface area contributed by atoms with Gasteiger partial charge < -0.3 is 19.6 Å². The highest BCUT2D eigenvalue weighted by molar-refractivity contribution is 5.86. The van der Waals surface area contributed by atoms with Crippen molar-refractivity contribution in [3.63, 3.8) is 0 Å². The fourth-order valence-electron chi connectivity index (χ4n) is 4.78. The summed E-state index contributed by atoms with van der Waals surface area (Å²) in [4.78, 5) is 30.4. The van der Waals surface area contributed by atoms with E-state index in [2.05, 4.69) is 0 Å². The van der Waals surface area contributed by atoms with E-state index in [0.717, 1.165) is 5.56 Å². The molecule has 168 valence electrons. The molecule has 1 fully saturated rings. The lowest BCUT2D eigenvalue weighted by Crippen LogP contribution is -2.55. The molecule has 2 amide bonds. The number of carbonyl (C=O) groups is 2. The predicted molar refractivity (Wildman–Crippen MR) is 118 cm³/mol. The van der Waals surface area contributed by atoms with Gasteiger partial charge in [-0.2, -0.15) is 0 Å². The minimum absolute atomic E-state index is 0.0531. The van der Waals surface area contributed by atoms with Gasteiger partial charge in [0.15, 0.2) is 0 Å². The van der Waals surface area contributed by atoms with Crippen LogP contribution in [0.1, 0.15) is 67.0 Å². The van der Waals surface area contributed by atoms with Crippen LogP contribution in [-0.2, 0) is 9.53 Å². The summed E-state index contributed by atoms with van der Waals surface area (Å²) in [5.41, 5.74) is 0.395. The molecular formula is C24H38N2O4. The number of amides is 2. The normalized spacial score (nSPS) is 24.4. The number of nitrogens with zero attached hydrogens (tertiary/aromatic N) is 2. The van der Waals surface area contributed by atoms with Gasteiger partial charge in [0, 0.05) is 18.0 Å². The quantitative estimate of drug-likeness (QED) is 0.726. The Morgan fingerprint density at radius 2 is 1.63 bits per heavy atom. The van der Waals surface area contributed by atoms with Crippen molar-refractivity contribution in [2.75, 3.05) is 6.61 Å². The maximum absolute atomic E-state index is 13.9. The Labute approximate surface area is 181 Å². The Morgan fingerprint density at radius 3 is 2.07 bits per heavy atom. The van der Waals surface area contributed by atoms with Crippen LogP contribution >= 0.6 is 0 Å². The topological polar surface area (TPSA) is 70.1 Å². The molecular weight excluding hydrogens is 380 g/mol. The van der Waals surface area contributed by atoms with Gasteiger partial charge in [-0.25, -0.2) is 9.59 Å². The summed E-state index contributed by atoms with van der Waals surface area (Å²) in [6.07, 6.45) is -0.896. The highest BCUT2D eigenvalue weighted by atomic mass is 16.5. The van der Waals surface area contributed by atoms with Crippen LogP contribution < -0.4 is 0 Å². The van der Waals surface area contributed by atoms with Crippen molar-refractivity contribution in [1.82, 2.24) is 9.80 Å². The third-order valence-electron chi connectivity index (χ3n) is 5.85. The Hall–Kier alpha value is -2.08. The molecule has 2 rings (SSSR count). The SMILES string of the molecule is CCOC(=O)[C@H]1[C@H](C(C)(C)C)C(O)[C@@H](c2ccccc2)N1C(=O)N(C(C)C)C(C)C. The fourth-order valence-corrected chi connectivity index (χ4v) is 4.78. The summed E-state index contributed by atoms with van der Waals surface area (Å²) in [6, 6.07) is 7.62. The number of hydrogen-bond donors (Lipinski definition) is 1. The summed E-state index contributed by atoms with van der Waals surface area (Å²) in [5, 5.41) is 11.5. The summed E-state index contributed by atoms with van der Waals surface area (Å²) in [7, 11) is 0. The third kappa shape index (κ3) is 4.64. The van der Waals surface area contributed by atoms with E-state index >= 15 is 0 Å². The van der Waals surface area contributed by atoms with E-state index in [-0.39, 0.29) is 24.7 Å². The highest BCUT2D eigenvalue weighted by Crippen LogP contribution is 2.48. The molecule has 1 saturated heterocycles. The number of carbonyl (C=O) groups excluding carboxylic acids is 2. The van der Waals surface area contributed by atoms with Gasteiger partial charge in [0.2, 0.25) is 0 Å². The molecule has 30 heavy (non-hydrogen) atoms. The molecule has 1 unspecified atom stereocenters. The fraction of sp³-hybridized carbons (Fsp3) is 0.667. The Balaban J connectivity index is 2.69. The van der Waals surface area contributed by atoms with Gasteiger partial charge in [-0.3, -0.25) is 0 Å². The maximum Gasteiger partial charge on any atom is 0.329 e. The van der Waals surface area contributed by atoms with Crippen molar-refractivity contribution < 1.29 is 19.4 Å². The summed E-state index contributed by atoms with van der Waals surface area (Å²) < 4.78 is 5.40. The molecule has 1 aromatic rings. The zero-order chi connectivity index (χ0) is 22.8. The number of likely N-dealkylation sites (tertiary alicyclic amines) is 1. The Morgan fingerprint density at radius 1 is 1.10 bits per heavy atom. The molecule has 0 spiro atoms. The molecule has 0 saturated carbocycles. The molecule has 1 N–H and O–H groups in total. The van der Waals surface area contributed by atoms with E-state index in [4.69, 9.17) is 4.74 Å². The Kier molecular flexibility index (Phi) is 7.56. The van der Waals surface area contributed by atoms with E-state index in [9.17, 15) is 14.7 Å². The van der Waals surface area contributed by atoms with Crippen LogP contribution in [0, 0.1) is 11.3 Å². The van der Waals surface area contributed by atoms with Gasteiger partial charge in [0.05, 0.1) is 18.8 Å². The van der Waals surface area contributed by atoms with Crippen LogP contribution in [0.15, 0.2) is 30.3 Å². The second kappa shape index (κ2) is 9.38. The van der Waals surface area contributed by atoms with Crippen LogP contribution in [0.5, 0.6) is 0 Å². The zero-order valence-corrected chi connectivity index (χ0v) is 19.6. The smallest absolute Gasteiger partial charge is 0.329 e. The number of hydrogen-bond acceptors (Lipinski definition) is 4. The van der Waals surface area contributed by atoms with Crippen molar-refractivity contribution in [2.45, 2.75) is 85.7 Å². The molecule has 1 aromatic carbocycles. The van der Waals surface area contributed by atoms with E-state index in [1.54, 1.807) is 16.7 Å². The van der Waals surface area contributed by atoms with E-state index in [0.29, 0.717) is 0 Å². The van der Waals surface area contributed by atoms with Crippen LogP contribution in [0.25, 0.3) is 0 Å². The van der Waals surface area contributed by atoms with E-state index in [1.165, 1.54) is 0 Å². The first-order valence-electron chi connectivity index (χ1n) is 10.9. The Bertz CT molecular complexity index is 718. The first kappa shape index (κ1) is 24.2. The third-order valence-corrected chi connectivity index (χ3v) is 5.85. The molecule has 4 atom stereocenters. The second-order valence-corrected chi connectivity index (χ2v) is 9.72. The molecule has 0 aliphatic carbocycles.